The predicted octanol–water partition coefficient (Wildman–Crippen LogP) is 2.31. The molecule has 1 aromatic rings. The summed E-state index contributed by atoms with van der Waals surface area (Å²) in [7, 11) is 1.52. The summed E-state index contributed by atoms with van der Waals surface area (Å²) in [4.78, 5) is 28.3. The molecule has 1 saturated heterocycles. The molecule has 5 nitrogen and oxygen atoms in total. The lowest BCUT2D eigenvalue weighted by Gasteiger charge is -2.23. The van der Waals surface area contributed by atoms with Crippen LogP contribution >= 0.6 is 0 Å². The van der Waals surface area contributed by atoms with Gasteiger partial charge in [-0.2, -0.15) is 0 Å². The lowest BCUT2D eigenvalue weighted by atomic mass is 9.86. The van der Waals surface area contributed by atoms with Crippen molar-refractivity contribution in [2.24, 2.45) is 0 Å². The second-order valence-corrected chi connectivity index (χ2v) is 7.29. The third-order valence-corrected chi connectivity index (χ3v) is 4.40. The number of amides is 2. The van der Waals surface area contributed by atoms with Crippen molar-refractivity contribution >= 4 is 11.8 Å². The average Bonchev–Trinajstić information content (AvgIpc) is 2.80. The average molecular weight is 332 g/mol. The summed E-state index contributed by atoms with van der Waals surface area (Å²) in [6.45, 7) is 9.05. The molecule has 0 saturated carbocycles. The Morgan fingerprint density at radius 2 is 1.58 bits per heavy atom. The van der Waals surface area contributed by atoms with E-state index < -0.39 is 0 Å². The van der Waals surface area contributed by atoms with Crippen molar-refractivity contribution in [1.82, 2.24) is 9.80 Å². The van der Waals surface area contributed by atoms with Gasteiger partial charge in [0.2, 0.25) is 5.91 Å². The quantitative estimate of drug-likeness (QED) is 0.853. The Morgan fingerprint density at radius 1 is 1.00 bits per heavy atom. The molecule has 1 aliphatic heterocycles. The van der Waals surface area contributed by atoms with Crippen molar-refractivity contribution in [1.29, 1.82) is 0 Å². The topological polar surface area (TPSA) is 49.9 Å². The molecular formula is C19H28N2O3. The van der Waals surface area contributed by atoms with Crippen molar-refractivity contribution in [3.8, 4) is 0 Å². The third-order valence-electron chi connectivity index (χ3n) is 4.40. The Kier molecular flexibility index (Phi) is 5.99. The summed E-state index contributed by atoms with van der Waals surface area (Å²) in [5.41, 5.74) is 2.00. The van der Waals surface area contributed by atoms with Crippen molar-refractivity contribution < 1.29 is 14.3 Å². The molecule has 1 aromatic carbocycles. The van der Waals surface area contributed by atoms with E-state index in [4.69, 9.17) is 4.74 Å². The largest absolute Gasteiger partial charge is 0.375 e. The smallest absolute Gasteiger partial charge is 0.253 e. The van der Waals surface area contributed by atoms with E-state index in [0.29, 0.717) is 31.7 Å². The van der Waals surface area contributed by atoms with Crippen LogP contribution in [0.15, 0.2) is 24.3 Å². The zero-order valence-electron chi connectivity index (χ0n) is 15.2. The second-order valence-electron chi connectivity index (χ2n) is 7.29. The number of carbonyl (C=O) groups excluding carboxylic acids is 2. The van der Waals surface area contributed by atoms with E-state index in [1.54, 1.807) is 4.90 Å². The normalized spacial score (nSPS) is 16.0. The molecule has 1 heterocycles. The number of methoxy groups -OCH3 is 1. The van der Waals surface area contributed by atoms with Gasteiger partial charge in [0.25, 0.3) is 5.91 Å². The van der Waals surface area contributed by atoms with Crippen LogP contribution in [0.5, 0.6) is 0 Å². The third kappa shape index (κ3) is 4.57. The molecule has 0 atom stereocenters. The molecule has 5 heteroatoms. The van der Waals surface area contributed by atoms with Gasteiger partial charge in [-0.1, -0.05) is 32.9 Å². The monoisotopic (exact) mass is 332 g/mol. The number of rotatable bonds is 3. The number of benzene rings is 1. The van der Waals surface area contributed by atoms with Gasteiger partial charge in [0.1, 0.15) is 6.61 Å². The summed E-state index contributed by atoms with van der Waals surface area (Å²) in [5.74, 6) is 0.0258. The molecule has 0 unspecified atom stereocenters. The maximum absolute atomic E-state index is 12.7. The number of nitrogens with zero attached hydrogens (tertiary/aromatic N) is 2. The molecule has 1 fully saturated rings. The van der Waals surface area contributed by atoms with Crippen molar-refractivity contribution in [3.63, 3.8) is 0 Å². The standard InChI is InChI=1S/C19H28N2O3/c1-19(2,3)16-8-6-15(7-9-16)18(23)21-11-5-10-20(12-13-21)17(22)14-24-4/h6-9H,5,10-14H2,1-4H3. The van der Waals surface area contributed by atoms with E-state index in [-0.39, 0.29) is 23.8 Å². The van der Waals surface area contributed by atoms with Crippen LogP contribution in [0.1, 0.15) is 43.1 Å². The minimum Gasteiger partial charge on any atom is -0.375 e. The molecule has 1 aliphatic rings. The molecule has 0 spiro atoms. The molecule has 2 rings (SSSR count). The Hall–Kier alpha value is -1.88. The summed E-state index contributed by atoms with van der Waals surface area (Å²) in [5, 5.41) is 0. The molecule has 24 heavy (non-hydrogen) atoms. The number of ether oxygens (including phenoxy) is 1. The minimum absolute atomic E-state index is 0.0127. The number of hydrogen-bond acceptors (Lipinski definition) is 3. The summed E-state index contributed by atoms with van der Waals surface area (Å²) in [6.07, 6.45) is 0.793. The van der Waals surface area contributed by atoms with Crippen LogP contribution in [0.2, 0.25) is 0 Å². The number of carbonyl (C=O) groups is 2. The Morgan fingerprint density at radius 3 is 2.17 bits per heavy atom. The lowest BCUT2D eigenvalue weighted by Crippen LogP contribution is -2.38. The first-order valence-corrected chi connectivity index (χ1v) is 8.49. The van der Waals surface area contributed by atoms with Crippen LogP contribution in [-0.2, 0) is 14.9 Å². The van der Waals surface area contributed by atoms with Crippen molar-refractivity contribution in [3.05, 3.63) is 35.4 Å². The lowest BCUT2D eigenvalue weighted by molar-refractivity contribution is -0.135. The van der Waals surface area contributed by atoms with E-state index in [1.807, 2.05) is 29.2 Å². The van der Waals surface area contributed by atoms with E-state index in [2.05, 4.69) is 20.8 Å². The first-order chi connectivity index (χ1) is 11.3. The van der Waals surface area contributed by atoms with Gasteiger partial charge in [0, 0.05) is 38.9 Å². The van der Waals surface area contributed by atoms with Crippen molar-refractivity contribution in [2.45, 2.75) is 32.6 Å². The predicted molar refractivity (Wildman–Crippen MR) is 94.1 cm³/mol. The fraction of sp³-hybridized carbons (Fsp3) is 0.579. The second kappa shape index (κ2) is 7.79. The fourth-order valence-corrected chi connectivity index (χ4v) is 2.88. The van der Waals surface area contributed by atoms with Gasteiger partial charge in [0.05, 0.1) is 0 Å². The zero-order chi connectivity index (χ0) is 17.7. The van der Waals surface area contributed by atoms with Gasteiger partial charge in [-0.25, -0.2) is 0 Å². The summed E-state index contributed by atoms with van der Waals surface area (Å²) in [6, 6.07) is 7.86. The molecule has 2 amide bonds. The molecule has 132 valence electrons. The maximum atomic E-state index is 12.7. The minimum atomic E-state index is -0.0127. The van der Waals surface area contributed by atoms with Crippen LogP contribution in [-0.4, -0.2) is 61.5 Å². The molecule has 0 N–H and O–H groups in total. The molecule has 0 aliphatic carbocycles. The highest BCUT2D eigenvalue weighted by Gasteiger charge is 2.23. The molecule has 0 aromatic heterocycles. The van der Waals surface area contributed by atoms with E-state index in [9.17, 15) is 9.59 Å². The van der Waals surface area contributed by atoms with Crippen molar-refractivity contribution in [2.75, 3.05) is 39.9 Å². The van der Waals surface area contributed by atoms with Gasteiger partial charge in [-0.15, -0.1) is 0 Å². The first-order valence-electron chi connectivity index (χ1n) is 8.49. The Balaban J connectivity index is 2.01. The summed E-state index contributed by atoms with van der Waals surface area (Å²) >= 11 is 0. The van der Waals surface area contributed by atoms with Gasteiger partial charge < -0.3 is 14.5 Å². The highest BCUT2D eigenvalue weighted by molar-refractivity contribution is 5.94. The Labute approximate surface area is 144 Å². The maximum Gasteiger partial charge on any atom is 0.253 e. The van der Waals surface area contributed by atoms with Gasteiger partial charge >= 0.3 is 0 Å². The van der Waals surface area contributed by atoms with Crippen LogP contribution < -0.4 is 0 Å². The highest BCUT2D eigenvalue weighted by Crippen LogP contribution is 2.22. The molecule has 0 bridgehead atoms. The first kappa shape index (κ1) is 18.5. The Bertz CT molecular complexity index is 575. The van der Waals surface area contributed by atoms with Crippen LogP contribution in [0.4, 0.5) is 0 Å². The molecule has 0 radical (unpaired) electrons. The van der Waals surface area contributed by atoms with Gasteiger partial charge in [0.15, 0.2) is 0 Å². The van der Waals surface area contributed by atoms with E-state index in [1.165, 1.54) is 12.7 Å². The fourth-order valence-electron chi connectivity index (χ4n) is 2.88. The van der Waals surface area contributed by atoms with E-state index >= 15 is 0 Å². The molecular weight excluding hydrogens is 304 g/mol. The van der Waals surface area contributed by atoms with Crippen LogP contribution in [0.25, 0.3) is 0 Å². The van der Waals surface area contributed by atoms with Gasteiger partial charge in [-0.3, -0.25) is 9.59 Å². The number of hydrogen-bond donors (Lipinski definition) is 0. The highest BCUT2D eigenvalue weighted by atomic mass is 16.5. The summed E-state index contributed by atoms with van der Waals surface area (Å²) < 4.78 is 4.91. The van der Waals surface area contributed by atoms with Gasteiger partial charge in [-0.05, 0) is 29.5 Å². The zero-order valence-corrected chi connectivity index (χ0v) is 15.2. The van der Waals surface area contributed by atoms with Crippen LogP contribution in [0, 0.1) is 0 Å². The van der Waals surface area contributed by atoms with E-state index in [0.717, 1.165) is 6.42 Å². The SMILES string of the molecule is COCC(=O)N1CCCN(C(=O)c2ccc(C(C)(C)C)cc2)CC1. The van der Waals surface area contributed by atoms with Crippen LogP contribution in [0.3, 0.4) is 0 Å².